The number of rotatable bonds is 6. The topological polar surface area (TPSA) is 41.6 Å². The van der Waals surface area contributed by atoms with Crippen LogP contribution in [-0.2, 0) is 4.74 Å². The van der Waals surface area contributed by atoms with E-state index in [9.17, 15) is 4.79 Å². The van der Waals surface area contributed by atoms with Crippen LogP contribution in [0.2, 0.25) is 0 Å². The van der Waals surface area contributed by atoms with Gasteiger partial charge in [-0.25, -0.2) is 4.79 Å². The smallest absolute Gasteiger partial charge is 0.410 e. The molecular weight excluding hydrogens is 276 g/mol. The van der Waals surface area contributed by atoms with E-state index in [1.54, 1.807) is 0 Å². The molecule has 0 aromatic heterocycles. The van der Waals surface area contributed by atoms with Crippen LogP contribution < -0.4 is 5.32 Å². The Kier molecular flexibility index (Phi) is 8.23. The Bertz CT molecular complexity index is 326. The van der Waals surface area contributed by atoms with Gasteiger partial charge in [-0.15, -0.1) is 0 Å². The molecule has 0 aromatic carbocycles. The van der Waals surface area contributed by atoms with Gasteiger partial charge in [0, 0.05) is 25.2 Å². The van der Waals surface area contributed by atoms with Crippen molar-refractivity contribution in [1.29, 1.82) is 0 Å². The predicted molar refractivity (Wildman–Crippen MR) is 92.2 cm³/mol. The van der Waals surface area contributed by atoms with E-state index in [-0.39, 0.29) is 6.09 Å². The molecule has 130 valence electrons. The summed E-state index contributed by atoms with van der Waals surface area (Å²) in [4.78, 5) is 14.0. The van der Waals surface area contributed by atoms with Crippen LogP contribution in [0.4, 0.5) is 4.79 Å². The first-order valence-electron chi connectivity index (χ1n) is 9.05. The number of carbonyl (C=O) groups excluding carboxylic acids is 1. The summed E-state index contributed by atoms with van der Waals surface area (Å²) in [7, 11) is 0. The zero-order chi connectivity index (χ0) is 16.6. The molecule has 1 fully saturated rings. The average molecular weight is 312 g/mol. The standard InChI is InChI=1S/C18H36N2O2/c1-6-7-8-10-15(2)19-16-11-9-13-20(14-12-16)17(21)22-18(3,4)5/h15-16,19H,6-14H2,1-5H3. The van der Waals surface area contributed by atoms with Crippen LogP contribution in [0.3, 0.4) is 0 Å². The van der Waals surface area contributed by atoms with Crippen molar-refractivity contribution in [1.82, 2.24) is 10.2 Å². The van der Waals surface area contributed by atoms with Crippen LogP contribution in [0.15, 0.2) is 0 Å². The Hall–Kier alpha value is -0.770. The van der Waals surface area contributed by atoms with E-state index in [1.165, 1.54) is 25.7 Å². The zero-order valence-electron chi connectivity index (χ0n) is 15.3. The Morgan fingerprint density at radius 3 is 2.64 bits per heavy atom. The third-order valence-corrected chi connectivity index (χ3v) is 4.14. The highest BCUT2D eigenvalue weighted by Crippen LogP contribution is 2.16. The van der Waals surface area contributed by atoms with Crippen LogP contribution >= 0.6 is 0 Å². The number of unbranched alkanes of at least 4 members (excludes halogenated alkanes) is 2. The van der Waals surface area contributed by atoms with Gasteiger partial charge in [0.2, 0.25) is 0 Å². The van der Waals surface area contributed by atoms with Gasteiger partial charge in [-0.2, -0.15) is 0 Å². The van der Waals surface area contributed by atoms with E-state index in [0.29, 0.717) is 12.1 Å². The molecule has 22 heavy (non-hydrogen) atoms. The second-order valence-electron chi connectivity index (χ2n) is 7.66. The van der Waals surface area contributed by atoms with Crippen molar-refractivity contribution >= 4 is 6.09 Å². The first-order chi connectivity index (χ1) is 10.3. The van der Waals surface area contributed by atoms with Crippen LogP contribution in [0.5, 0.6) is 0 Å². The SMILES string of the molecule is CCCCCC(C)NC1CCCN(C(=O)OC(C)(C)C)CC1. The van der Waals surface area contributed by atoms with Crippen LogP contribution in [0.25, 0.3) is 0 Å². The molecule has 0 saturated carbocycles. The van der Waals surface area contributed by atoms with Gasteiger partial charge in [0.1, 0.15) is 5.60 Å². The van der Waals surface area contributed by atoms with Gasteiger partial charge < -0.3 is 15.0 Å². The summed E-state index contributed by atoms with van der Waals surface area (Å²) in [5, 5.41) is 3.75. The lowest BCUT2D eigenvalue weighted by Crippen LogP contribution is -2.39. The van der Waals surface area contributed by atoms with Gasteiger partial charge in [-0.05, 0) is 53.4 Å². The van der Waals surface area contributed by atoms with Crippen molar-refractivity contribution < 1.29 is 9.53 Å². The van der Waals surface area contributed by atoms with Crippen molar-refractivity contribution in [2.24, 2.45) is 0 Å². The monoisotopic (exact) mass is 312 g/mol. The summed E-state index contributed by atoms with van der Waals surface area (Å²) in [5.74, 6) is 0. The number of hydrogen-bond acceptors (Lipinski definition) is 3. The van der Waals surface area contributed by atoms with Gasteiger partial charge in [0.15, 0.2) is 0 Å². The van der Waals surface area contributed by atoms with Crippen LogP contribution in [-0.4, -0.2) is 41.8 Å². The molecule has 0 spiro atoms. The number of hydrogen-bond donors (Lipinski definition) is 1. The Balaban J connectivity index is 2.34. The highest BCUT2D eigenvalue weighted by molar-refractivity contribution is 5.68. The van der Waals surface area contributed by atoms with Crippen LogP contribution in [0, 0.1) is 0 Å². The fourth-order valence-electron chi connectivity index (χ4n) is 2.96. The van der Waals surface area contributed by atoms with Crippen molar-refractivity contribution in [3.63, 3.8) is 0 Å². The van der Waals surface area contributed by atoms with Crippen molar-refractivity contribution in [2.45, 2.75) is 97.2 Å². The summed E-state index contributed by atoms with van der Waals surface area (Å²) >= 11 is 0. The number of ether oxygens (including phenoxy) is 1. The zero-order valence-corrected chi connectivity index (χ0v) is 15.3. The Labute approximate surface area is 137 Å². The predicted octanol–water partition coefficient (Wildman–Crippen LogP) is 4.33. The highest BCUT2D eigenvalue weighted by atomic mass is 16.6. The van der Waals surface area contributed by atoms with E-state index < -0.39 is 5.60 Å². The molecular formula is C18H36N2O2. The lowest BCUT2D eigenvalue weighted by atomic mass is 10.1. The largest absolute Gasteiger partial charge is 0.444 e. The second kappa shape index (κ2) is 9.39. The lowest BCUT2D eigenvalue weighted by Gasteiger charge is -2.26. The molecule has 1 N–H and O–H groups in total. The molecule has 2 unspecified atom stereocenters. The first-order valence-corrected chi connectivity index (χ1v) is 9.05. The first kappa shape index (κ1) is 19.3. The molecule has 1 aliphatic heterocycles. The quantitative estimate of drug-likeness (QED) is 0.742. The summed E-state index contributed by atoms with van der Waals surface area (Å²) in [6.07, 6.45) is 8.23. The molecule has 0 aliphatic carbocycles. The maximum absolute atomic E-state index is 12.2. The molecule has 1 rings (SSSR count). The maximum atomic E-state index is 12.2. The summed E-state index contributed by atoms with van der Waals surface area (Å²) in [6.45, 7) is 11.9. The van der Waals surface area contributed by atoms with Gasteiger partial charge in [0.25, 0.3) is 0 Å². The number of carbonyl (C=O) groups is 1. The lowest BCUT2D eigenvalue weighted by molar-refractivity contribution is 0.0256. The van der Waals surface area contributed by atoms with Crippen molar-refractivity contribution in [3.8, 4) is 0 Å². The molecule has 0 bridgehead atoms. The molecule has 1 aliphatic rings. The summed E-state index contributed by atoms with van der Waals surface area (Å²) in [5.41, 5.74) is -0.408. The molecule has 1 heterocycles. The Morgan fingerprint density at radius 1 is 1.27 bits per heavy atom. The number of nitrogens with zero attached hydrogens (tertiary/aromatic N) is 1. The normalized spacial score (nSPS) is 21.3. The van der Waals surface area contributed by atoms with E-state index >= 15 is 0 Å². The molecule has 0 aromatic rings. The average Bonchev–Trinajstić information content (AvgIpc) is 2.63. The Morgan fingerprint density at radius 2 is 2.00 bits per heavy atom. The summed E-state index contributed by atoms with van der Waals surface area (Å²) < 4.78 is 5.48. The van der Waals surface area contributed by atoms with Gasteiger partial charge in [0.05, 0.1) is 0 Å². The third kappa shape index (κ3) is 8.02. The minimum atomic E-state index is -0.408. The third-order valence-electron chi connectivity index (χ3n) is 4.14. The molecule has 4 heteroatoms. The van der Waals surface area contributed by atoms with Gasteiger partial charge in [-0.1, -0.05) is 26.2 Å². The van der Waals surface area contributed by atoms with Crippen molar-refractivity contribution in [2.75, 3.05) is 13.1 Å². The molecule has 1 amide bonds. The van der Waals surface area contributed by atoms with E-state index in [0.717, 1.165) is 32.4 Å². The van der Waals surface area contributed by atoms with E-state index in [1.807, 2.05) is 25.7 Å². The fraction of sp³-hybridized carbons (Fsp3) is 0.944. The molecule has 0 radical (unpaired) electrons. The van der Waals surface area contributed by atoms with Gasteiger partial charge in [-0.3, -0.25) is 0 Å². The minimum Gasteiger partial charge on any atom is -0.444 e. The molecule has 1 saturated heterocycles. The van der Waals surface area contributed by atoms with E-state index in [4.69, 9.17) is 4.74 Å². The minimum absolute atomic E-state index is 0.163. The number of likely N-dealkylation sites (tertiary alicyclic amines) is 1. The van der Waals surface area contributed by atoms with Crippen LogP contribution in [0.1, 0.15) is 79.6 Å². The van der Waals surface area contributed by atoms with Crippen molar-refractivity contribution in [3.05, 3.63) is 0 Å². The molecule has 4 nitrogen and oxygen atoms in total. The maximum Gasteiger partial charge on any atom is 0.410 e. The second-order valence-corrected chi connectivity index (χ2v) is 7.66. The number of nitrogens with one attached hydrogen (secondary N) is 1. The van der Waals surface area contributed by atoms with Gasteiger partial charge >= 0.3 is 6.09 Å². The fourth-order valence-corrected chi connectivity index (χ4v) is 2.96. The number of amides is 1. The molecule has 2 atom stereocenters. The highest BCUT2D eigenvalue weighted by Gasteiger charge is 2.25. The van der Waals surface area contributed by atoms with E-state index in [2.05, 4.69) is 19.2 Å². The summed E-state index contributed by atoms with van der Waals surface area (Å²) in [6, 6.07) is 1.11.